The molecule has 1 unspecified atom stereocenters. The molecule has 0 amide bonds. The fraction of sp³-hybridized carbons (Fsp3) is 0.500. The molecule has 2 N–H and O–H groups in total. The normalized spacial score (nSPS) is 22.7. The number of hydrogen-bond donors (Lipinski definition) is 1. The predicted octanol–water partition coefficient (Wildman–Crippen LogP) is 2.03. The molecule has 0 spiro atoms. The van der Waals surface area contributed by atoms with Gasteiger partial charge < -0.3 is 15.4 Å². The molecule has 0 aliphatic carbocycles. The predicted molar refractivity (Wildman–Crippen MR) is 81.3 cm³/mol. The van der Waals surface area contributed by atoms with Crippen LogP contribution in [0.1, 0.15) is 12.5 Å². The summed E-state index contributed by atoms with van der Waals surface area (Å²) in [6.45, 7) is 4.37. The zero-order valence-corrected chi connectivity index (χ0v) is 13.0. The molecule has 104 valence electrons. The van der Waals surface area contributed by atoms with Crippen molar-refractivity contribution in [2.75, 3.05) is 26.8 Å². The molecule has 0 saturated carbocycles. The summed E-state index contributed by atoms with van der Waals surface area (Å²) >= 11 is 3.46. The molecule has 0 aromatic heterocycles. The van der Waals surface area contributed by atoms with Crippen LogP contribution in [0.25, 0.3) is 0 Å². The molecule has 0 fully saturated rings. The number of halogens is 1. The van der Waals surface area contributed by atoms with Gasteiger partial charge in [0.05, 0.1) is 18.7 Å². The highest BCUT2D eigenvalue weighted by Crippen LogP contribution is 2.26. The highest BCUT2D eigenvalue weighted by Gasteiger charge is 2.37. The van der Waals surface area contributed by atoms with Crippen molar-refractivity contribution in [3.63, 3.8) is 0 Å². The van der Waals surface area contributed by atoms with E-state index in [2.05, 4.69) is 57.0 Å². The van der Waals surface area contributed by atoms with Gasteiger partial charge in [-0.3, -0.25) is 4.99 Å². The van der Waals surface area contributed by atoms with Crippen molar-refractivity contribution in [3.05, 3.63) is 34.3 Å². The monoisotopic (exact) mass is 325 g/mol. The summed E-state index contributed by atoms with van der Waals surface area (Å²) in [6, 6.07) is 8.41. The Bertz CT molecular complexity index is 460. The first-order valence-corrected chi connectivity index (χ1v) is 7.15. The third-order valence-corrected chi connectivity index (χ3v) is 4.06. The van der Waals surface area contributed by atoms with Crippen molar-refractivity contribution in [3.8, 4) is 0 Å². The topological polar surface area (TPSA) is 50.9 Å². The average molecular weight is 326 g/mol. The lowest BCUT2D eigenvalue weighted by molar-refractivity contribution is 0.137. The minimum Gasteiger partial charge on any atom is -0.383 e. The van der Waals surface area contributed by atoms with Gasteiger partial charge in [-0.1, -0.05) is 28.1 Å². The Kier molecular flexibility index (Phi) is 4.47. The third kappa shape index (κ3) is 3.28. The van der Waals surface area contributed by atoms with Crippen LogP contribution in [0.3, 0.4) is 0 Å². The highest BCUT2D eigenvalue weighted by molar-refractivity contribution is 9.10. The number of benzene rings is 1. The summed E-state index contributed by atoms with van der Waals surface area (Å²) < 4.78 is 6.25. The van der Waals surface area contributed by atoms with Gasteiger partial charge in [0.15, 0.2) is 5.96 Å². The lowest BCUT2D eigenvalue weighted by atomic mass is 9.92. The van der Waals surface area contributed by atoms with E-state index in [0.717, 1.165) is 24.0 Å². The molecule has 1 aromatic rings. The van der Waals surface area contributed by atoms with E-state index in [1.165, 1.54) is 5.56 Å². The number of rotatable bonds is 5. The van der Waals surface area contributed by atoms with Crippen LogP contribution >= 0.6 is 15.9 Å². The van der Waals surface area contributed by atoms with Gasteiger partial charge in [0, 0.05) is 18.1 Å². The van der Waals surface area contributed by atoms with E-state index in [0.29, 0.717) is 12.6 Å². The van der Waals surface area contributed by atoms with E-state index in [4.69, 9.17) is 10.5 Å². The molecular formula is C14H20BrN3O. The number of aliphatic imine (C=N–C) groups is 1. The number of guanidine groups is 1. The van der Waals surface area contributed by atoms with Crippen molar-refractivity contribution >= 4 is 21.9 Å². The van der Waals surface area contributed by atoms with Crippen LogP contribution in [0.2, 0.25) is 0 Å². The Balaban J connectivity index is 2.10. The molecule has 2 rings (SSSR count). The van der Waals surface area contributed by atoms with Crippen LogP contribution in [-0.2, 0) is 11.2 Å². The van der Waals surface area contributed by atoms with Gasteiger partial charge in [0.25, 0.3) is 0 Å². The second kappa shape index (κ2) is 5.92. The van der Waals surface area contributed by atoms with Crippen molar-refractivity contribution in [2.24, 2.45) is 10.7 Å². The van der Waals surface area contributed by atoms with E-state index in [1.807, 2.05) is 0 Å². The van der Waals surface area contributed by atoms with Gasteiger partial charge in [-0.25, -0.2) is 0 Å². The van der Waals surface area contributed by atoms with E-state index >= 15 is 0 Å². The summed E-state index contributed by atoms with van der Waals surface area (Å²) in [5.41, 5.74) is 7.22. The van der Waals surface area contributed by atoms with Crippen LogP contribution in [0.5, 0.6) is 0 Å². The number of nitrogens with zero attached hydrogens (tertiary/aromatic N) is 2. The lowest BCUT2D eigenvalue weighted by Gasteiger charge is -2.36. The quantitative estimate of drug-likeness (QED) is 0.901. The Hall–Kier alpha value is -1.07. The van der Waals surface area contributed by atoms with Crippen LogP contribution < -0.4 is 5.73 Å². The first kappa shape index (κ1) is 14.3. The second-order valence-electron chi connectivity index (χ2n) is 5.12. The number of ether oxygens (including phenoxy) is 1. The summed E-state index contributed by atoms with van der Waals surface area (Å²) in [5.74, 6) is 0.622. The fourth-order valence-corrected chi connectivity index (χ4v) is 2.72. The Morgan fingerprint density at radius 3 is 2.74 bits per heavy atom. The summed E-state index contributed by atoms with van der Waals surface area (Å²) in [7, 11) is 1.70. The maximum Gasteiger partial charge on any atom is 0.191 e. The van der Waals surface area contributed by atoms with Crippen LogP contribution in [-0.4, -0.2) is 43.2 Å². The third-order valence-electron chi connectivity index (χ3n) is 3.53. The molecule has 0 bridgehead atoms. The Morgan fingerprint density at radius 2 is 2.11 bits per heavy atom. The minimum atomic E-state index is -0.0591. The van der Waals surface area contributed by atoms with Crippen molar-refractivity contribution in [1.29, 1.82) is 0 Å². The number of methoxy groups -OCH3 is 1. The average Bonchev–Trinajstić information content (AvgIpc) is 2.66. The molecule has 0 radical (unpaired) electrons. The largest absolute Gasteiger partial charge is 0.383 e. The minimum absolute atomic E-state index is 0.0591. The maximum absolute atomic E-state index is 5.99. The molecule has 19 heavy (non-hydrogen) atoms. The zero-order valence-electron chi connectivity index (χ0n) is 11.4. The molecule has 1 atom stereocenters. The molecule has 1 aliphatic rings. The smallest absolute Gasteiger partial charge is 0.191 e. The molecule has 5 heteroatoms. The summed E-state index contributed by atoms with van der Waals surface area (Å²) in [6.07, 6.45) is 0.925. The van der Waals surface area contributed by atoms with Gasteiger partial charge in [0.1, 0.15) is 0 Å². The SMILES string of the molecule is COCCN1C(N)=NCC1(C)Cc1ccc(Br)cc1. The van der Waals surface area contributed by atoms with E-state index in [1.54, 1.807) is 7.11 Å². The van der Waals surface area contributed by atoms with Gasteiger partial charge in [-0.2, -0.15) is 0 Å². The lowest BCUT2D eigenvalue weighted by Crippen LogP contribution is -2.52. The van der Waals surface area contributed by atoms with Gasteiger partial charge in [-0.15, -0.1) is 0 Å². The van der Waals surface area contributed by atoms with Gasteiger partial charge >= 0.3 is 0 Å². The summed E-state index contributed by atoms with van der Waals surface area (Å²) in [4.78, 5) is 6.54. The van der Waals surface area contributed by atoms with Crippen molar-refractivity contribution < 1.29 is 4.74 Å². The van der Waals surface area contributed by atoms with Crippen LogP contribution in [0, 0.1) is 0 Å². The zero-order chi connectivity index (χ0) is 13.9. The maximum atomic E-state index is 5.99. The molecule has 0 saturated heterocycles. The molecule has 1 aliphatic heterocycles. The molecule has 1 aromatic carbocycles. The summed E-state index contributed by atoms with van der Waals surface area (Å²) in [5, 5.41) is 0. The fourth-order valence-electron chi connectivity index (χ4n) is 2.46. The first-order chi connectivity index (χ1) is 9.05. The number of nitrogens with two attached hydrogens (primary N) is 1. The van der Waals surface area contributed by atoms with Crippen LogP contribution in [0.4, 0.5) is 0 Å². The van der Waals surface area contributed by atoms with Crippen molar-refractivity contribution in [1.82, 2.24) is 4.90 Å². The molecule has 1 heterocycles. The molecular weight excluding hydrogens is 306 g/mol. The van der Waals surface area contributed by atoms with Gasteiger partial charge in [0.2, 0.25) is 0 Å². The Morgan fingerprint density at radius 1 is 1.42 bits per heavy atom. The van der Waals surface area contributed by atoms with Crippen molar-refractivity contribution in [2.45, 2.75) is 18.9 Å². The first-order valence-electron chi connectivity index (χ1n) is 6.36. The van der Waals surface area contributed by atoms with Crippen LogP contribution in [0.15, 0.2) is 33.7 Å². The van der Waals surface area contributed by atoms with E-state index in [9.17, 15) is 0 Å². The standard InChI is InChI=1S/C14H20BrN3O/c1-14(9-11-3-5-12(15)6-4-11)10-17-13(16)18(14)7-8-19-2/h3-6H,7-10H2,1-2H3,(H2,16,17). The van der Waals surface area contributed by atoms with E-state index in [-0.39, 0.29) is 5.54 Å². The number of hydrogen-bond acceptors (Lipinski definition) is 4. The highest BCUT2D eigenvalue weighted by atomic mass is 79.9. The van der Waals surface area contributed by atoms with E-state index < -0.39 is 0 Å². The van der Waals surface area contributed by atoms with Gasteiger partial charge in [-0.05, 0) is 31.0 Å². The second-order valence-corrected chi connectivity index (χ2v) is 6.03. The Labute approximate surface area is 122 Å². The molecule has 4 nitrogen and oxygen atoms in total.